The summed E-state index contributed by atoms with van der Waals surface area (Å²) in [5.41, 5.74) is 3.11. The van der Waals surface area contributed by atoms with E-state index in [1.807, 2.05) is 0 Å². The Morgan fingerprint density at radius 2 is 2.15 bits per heavy atom. The molecule has 1 saturated carbocycles. The number of hydrazine groups is 1. The highest BCUT2D eigenvalue weighted by Gasteiger charge is 2.36. The average Bonchev–Trinajstić information content (AvgIpc) is 2.95. The van der Waals surface area contributed by atoms with Crippen LogP contribution in [0.1, 0.15) is 36.0 Å². The van der Waals surface area contributed by atoms with Crippen molar-refractivity contribution in [3.63, 3.8) is 0 Å². The van der Waals surface area contributed by atoms with Crippen molar-refractivity contribution in [1.82, 2.24) is 15.2 Å². The molecule has 0 unspecified atom stereocenters. The molecule has 110 valence electrons. The van der Waals surface area contributed by atoms with Crippen LogP contribution in [0.15, 0.2) is 18.3 Å². The summed E-state index contributed by atoms with van der Waals surface area (Å²) in [5, 5.41) is 3.04. The number of nitrogen functional groups attached to an aromatic ring is 1. The standard InChI is InChI=1S/C14H23N5O/c1-19(2)14(6-3-4-7-14)10-17-13(20)11-5-8-16-12(9-11)18-15/h5,8-9H,3-4,6-7,10,15H2,1-2H3,(H,16,18)(H,17,20). The minimum atomic E-state index is -0.0861. The second-order valence-electron chi connectivity index (χ2n) is 5.58. The Morgan fingerprint density at radius 1 is 1.45 bits per heavy atom. The van der Waals surface area contributed by atoms with Gasteiger partial charge in [-0.2, -0.15) is 0 Å². The Bertz CT molecular complexity index is 468. The van der Waals surface area contributed by atoms with Gasteiger partial charge in [0, 0.05) is 23.8 Å². The number of nitrogens with zero attached hydrogens (tertiary/aromatic N) is 2. The van der Waals surface area contributed by atoms with Crippen LogP contribution in [0.4, 0.5) is 5.82 Å². The Morgan fingerprint density at radius 3 is 2.75 bits per heavy atom. The number of nitrogens with one attached hydrogen (secondary N) is 2. The van der Waals surface area contributed by atoms with Crippen LogP contribution in [0.25, 0.3) is 0 Å². The quantitative estimate of drug-likeness (QED) is 0.552. The number of rotatable bonds is 5. The summed E-state index contributed by atoms with van der Waals surface area (Å²) in [6.07, 6.45) is 6.29. The lowest BCUT2D eigenvalue weighted by molar-refractivity contribution is 0.0900. The Kier molecular flexibility index (Phi) is 4.57. The van der Waals surface area contributed by atoms with Crippen LogP contribution < -0.4 is 16.6 Å². The van der Waals surface area contributed by atoms with E-state index in [0.29, 0.717) is 17.9 Å². The van der Waals surface area contributed by atoms with Gasteiger partial charge in [-0.25, -0.2) is 10.8 Å². The molecule has 0 radical (unpaired) electrons. The molecule has 6 nitrogen and oxygen atoms in total. The fourth-order valence-corrected chi connectivity index (χ4v) is 2.81. The first kappa shape index (κ1) is 14.7. The first-order chi connectivity index (χ1) is 9.57. The van der Waals surface area contributed by atoms with E-state index in [1.165, 1.54) is 12.8 Å². The molecule has 1 fully saturated rings. The van der Waals surface area contributed by atoms with Crippen molar-refractivity contribution >= 4 is 11.7 Å². The molecule has 1 aromatic heterocycles. The molecule has 6 heteroatoms. The number of pyridine rings is 1. The largest absolute Gasteiger partial charge is 0.350 e. The van der Waals surface area contributed by atoms with Crippen LogP contribution >= 0.6 is 0 Å². The number of nitrogens with two attached hydrogens (primary N) is 1. The number of anilines is 1. The van der Waals surface area contributed by atoms with E-state index in [9.17, 15) is 4.79 Å². The van der Waals surface area contributed by atoms with Crippen molar-refractivity contribution in [3.8, 4) is 0 Å². The molecule has 0 saturated heterocycles. The molecule has 0 aliphatic heterocycles. The van der Waals surface area contributed by atoms with Crippen molar-refractivity contribution < 1.29 is 4.79 Å². The third-order valence-corrected chi connectivity index (χ3v) is 4.23. The van der Waals surface area contributed by atoms with Gasteiger partial charge in [-0.05, 0) is 39.1 Å². The highest BCUT2D eigenvalue weighted by Crippen LogP contribution is 2.33. The van der Waals surface area contributed by atoms with Gasteiger partial charge in [0.05, 0.1) is 0 Å². The fourth-order valence-electron chi connectivity index (χ4n) is 2.81. The maximum Gasteiger partial charge on any atom is 0.251 e. The summed E-state index contributed by atoms with van der Waals surface area (Å²) in [5.74, 6) is 5.70. The molecule has 0 spiro atoms. The van der Waals surface area contributed by atoms with Crippen molar-refractivity contribution in [2.75, 3.05) is 26.1 Å². The monoisotopic (exact) mass is 277 g/mol. The summed E-state index contributed by atoms with van der Waals surface area (Å²) in [6.45, 7) is 0.673. The maximum absolute atomic E-state index is 12.2. The number of carbonyl (C=O) groups is 1. The zero-order valence-electron chi connectivity index (χ0n) is 12.1. The van der Waals surface area contributed by atoms with E-state index in [4.69, 9.17) is 5.84 Å². The number of hydrogen-bond acceptors (Lipinski definition) is 5. The van der Waals surface area contributed by atoms with Crippen LogP contribution in [-0.4, -0.2) is 42.0 Å². The lowest BCUT2D eigenvalue weighted by Gasteiger charge is -2.36. The molecule has 1 heterocycles. The van der Waals surface area contributed by atoms with E-state index < -0.39 is 0 Å². The number of hydrogen-bond donors (Lipinski definition) is 3. The van der Waals surface area contributed by atoms with Crippen LogP contribution in [0.5, 0.6) is 0 Å². The van der Waals surface area contributed by atoms with Crippen molar-refractivity contribution in [3.05, 3.63) is 23.9 Å². The first-order valence-electron chi connectivity index (χ1n) is 6.96. The van der Waals surface area contributed by atoms with Gasteiger partial charge < -0.3 is 15.6 Å². The Balaban J connectivity index is 2.00. The molecular formula is C14H23N5O. The van der Waals surface area contributed by atoms with Gasteiger partial charge >= 0.3 is 0 Å². The summed E-state index contributed by atoms with van der Waals surface area (Å²) in [4.78, 5) is 18.4. The van der Waals surface area contributed by atoms with E-state index in [2.05, 4.69) is 34.7 Å². The number of likely N-dealkylation sites (N-methyl/N-ethyl adjacent to an activating group) is 1. The zero-order chi connectivity index (χ0) is 14.6. The van der Waals surface area contributed by atoms with Gasteiger partial charge in [0.1, 0.15) is 5.82 Å². The van der Waals surface area contributed by atoms with Crippen molar-refractivity contribution in [2.24, 2.45) is 5.84 Å². The molecule has 0 atom stereocenters. The lowest BCUT2D eigenvalue weighted by Crippen LogP contribution is -2.50. The molecule has 20 heavy (non-hydrogen) atoms. The van der Waals surface area contributed by atoms with Gasteiger partial charge in [0.2, 0.25) is 0 Å². The minimum absolute atomic E-state index is 0.0861. The highest BCUT2D eigenvalue weighted by molar-refractivity contribution is 5.94. The summed E-state index contributed by atoms with van der Waals surface area (Å²) >= 11 is 0. The molecular weight excluding hydrogens is 254 g/mol. The van der Waals surface area contributed by atoms with Crippen LogP contribution in [0.2, 0.25) is 0 Å². The molecule has 1 amide bonds. The van der Waals surface area contributed by atoms with Crippen molar-refractivity contribution in [2.45, 2.75) is 31.2 Å². The van der Waals surface area contributed by atoms with Crippen LogP contribution in [0, 0.1) is 0 Å². The van der Waals surface area contributed by atoms with Crippen LogP contribution in [-0.2, 0) is 0 Å². The molecule has 1 aliphatic carbocycles. The van der Waals surface area contributed by atoms with Gasteiger partial charge in [-0.15, -0.1) is 0 Å². The number of carbonyl (C=O) groups excluding carboxylic acids is 1. The molecule has 1 aromatic rings. The molecule has 4 N–H and O–H groups in total. The summed E-state index contributed by atoms with van der Waals surface area (Å²) in [6, 6.07) is 3.33. The van der Waals surface area contributed by atoms with E-state index >= 15 is 0 Å². The second kappa shape index (κ2) is 6.19. The van der Waals surface area contributed by atoms with Gasteiger partial charge in [0.15, 0.2) is 0 Å². The third kappa shape index (κ3) is 3.08. The number of amides is 1. The highest BCUT2D eigenvalue weighted by atomic mass is 16.1. The minimum Gasteiger partial charge on any atom is -0.350 e. The molecule has 2 rings (SSSR count). The maximum atomic E-state index is 12.2. The van der Waals surface area contributed by atoms with Gasteiger partial charge in [-0.1, -0.05) is 12.8 Å². The average molecular weight is 277 g/mol. The second-order valence-corrected chi connectivity index (χ2v) is 5.58. The van der Waals surface area contributed by atoms with Gasteiger partial charge in [0.25, 0.3) is 5.91 Å². The van der Waals surface area contributed by atoms with Gasteiger partial charge in [-0.3, -0.25) is 4.79 Å². The molecule has 0 aromatic carbocycles. The summed E-state index contributed by atoms with van der Waals surface area (Å²) < 4.78 is 0. The Labute approximate surface area is 119 Å². The fraction of sp³-hybridized carbons (Fsp3) is 0.571. The topological polar surface area (TPSA) is 83.3 Å². The predicted octanol–water partition coefficient (Wildman–Crippen LogP) is 0.971. The Hall–Kier alpha value is -1.66. The SMILES string of the molecule is CN(C)C1(CNC(=O)c2ccnc(NN)c2)CCCC1. The predicted molar refractivity (Wildman–Crippen MR) is 79.3 cm³/mol. The van der Waals surface area contributed by atoms with Crippen LogP contribution in [0.3, 0.4) is 0 Å². The summed E-state index contributed by atoms with van der Waals surface area (Å²) in [7, 11) is 4.17. The van der Waals surface area contributed by atoms with E-state index in [-0.39, 0.29) is 11.4 Å². The normalized spacial score (nSPS) is 17.2. The lowest BCUT2D eigenvalue weighted by atomic mass is 9.96. The number of aromatic nitrogens is 1. The third-order valence-electron chi connectivity index (χ3n) is 4.23. The van der Waals surface area contributed by atoms with E-state index in [0.717, 1.165) is 12.8 Å². The first-order valence-corrected chi connectivity index (χ1v) is 6.96. The molecule has 0 bridgehead atoms. The zero-order valence-corrected chi connectivity index (χ0v) is 12.1. The smallest absolute Gasteiger partial charge is 0.251 e. The molecule has 1 aliphatic rings. The van der Waals surface area contributed by atoms with E-state index in [1.54, 1.807) is 18.3 Å². The van der Waals surface area contributed by atoms with Crippen molar-refractivity contribution in [1.29, 1.82) is 0 Å².